The van der Waals surface area contributed by atoms with Gasteiger partial charge in [0.2, 0.25) is 5.91 Å². The first-order valence-corrected chi connectivity index (χ1v) is 6.15. The van der Waals surface area contributed by atoms with E-state index < -0.39 is 0 Å². The second-order valence-corrected chi connectivity index (χ2v) is 4.44. The SMILES string of the molecule is COC(=O)C[C@H](C)NC(=O)CN(C)c1ccccc1. The Balaban J connectivity index is 2.41. The lowest BCUT2D eigenvalue weighted by Crippen LogP contribution is -2.40. The van der Waals surface area contributed by atoms with Gasteiger partial charge in [-0.2, -0.15) is 0 Å². The zero-order valence-electron chi connectivity index (χ0n) is 11.6. The summed E-state index contributed by atoms with van der Waals surface area (Å²) in [6.07, 6.45) is 0.178. The van der Waals surface area contributed by atoms with E-state index in [1.807, 2.05) is 42.3 Å². The number of para-hydroxylation sites is 1. The molecule has 0 heterocycles. The molecule has 0 fully saturated rings. The molecule has 0 aromatic heterocycles. The molecule has 1 rings (SSSR count). The number of rotatable bonds is 6. The summed E-state index contributed by atoms with van der Waals surface area (Å²) in [7, 11) is 3.18. The number of methoxy groups -OCH3 is 1. The third-order valence-electron chi connectivity index (χ3n) is 2.69. The van der Waals surface area contributed by atoms with E-state index in [1.165, 1.54) is 7.11 Å². The van der Waals surface area contributed by atoms with E-state index in [0.29, 0.717) is 0 Å². The Morgan fingerprint density at radius 2 is 1.95 bits per heavy atom. The number of carbonyl (C=O) groups is 2. The summed E-state index contributed by atoms with van der Waals surface area (Å²) in [5.74, 6) is -0.452. The fraction of sp³-hybridized carbons (Fsp3) is 0.429. The maximum atomic E-state index is 11.8. The molecule has 5 nitrogen and oxygen atoms in total. The van der Waals surface area contributed by atoms with Gasteiger partial charge < -0.3 is 15.0 Å². The number of hydrogen-bond acceptors (Lipinski definition) is 4. The minimum absolute atomic E-state index is 0.122. The van der Waals surface area contributed by atoms with Crippen molar-refractivity contribution in [3.63, 3.8) is 0 Å². The molecule has 1 amide bonds. The normalized spacial score (nSPS) is 11.5. The second-order valence-electron chi connectivity index (χ2n) is 4.44. The standard InChI is InChI=1S/C14H20N2O3/c1-11(9-14(18)19-3)15-13(17)10-16(2)12-7-5-4-6-8-12/h4-8,11H,9-10H2,1-3H3,(H,15,17)/t11-/m0/s1. The van der Waals surface area contributed by atoms with Crippen LogP contribution in [0.25, 0.3) is 0 Å². The lowest BCUT2D eigenvalue weighted by Gasteiger charge is -2.20. The van der Waals surface area contributed by atoms with Gasteiger partial charge in [0.25, 0.3) is 0 Å². The summed E-state index contributed by atoms with van der Waals surface area (Å²) in [5.41, 5.74) is 0.971. The van der Waals surface area contributed by atoms with Gasteiger partial charge in [-0.25, -0.2) is 0 Å². The van der Waals surface area contributed by atoms with Gasteiger partial charge in [-0.05, 0) is 19.1 Å². The molecule has 0 saturated carbocycles. The molecule has 0 radical (unpaired) electrons. The molecule has 0 aliphatic rings. The molecule has 0 bridgehead atoms. The van der Waals surface area contributed by atoms with Crippen LogP contribution in [0, 0.1) is 0 Å². The maximum absolute atomic E-state index is 11.8. The fourth-order valence-corrected chi connectivity index (χ4v) is 1.69. The number of ether oxygens (including phenoxy) is 1. The van der Waals surface area contributed by atoms with E-state index in [4.69, 9.17) is 0 Å². The van der Waals surface area contributed by atoms with E-state index in [0.717, 1.165) is 5.69 Å². The highest BCUT2D eigenvalue weighted by molar-refractivity contribution is 5.82. The van der Waals surface area contributed by atoms with Crippen LogP contribution in [0.4, 0.5) is 5.69 Å². The molecule has 5 heteroatoms. The number of benzene rings is 1. The number of likely N-dealkylation sites (N-methyl/N-ethyl adjacent to an activating group) is 1. The first-order chi connectivity index (χ1) is 9.02. The number of nitrogens with zero attached hydrogens (tertiary/aromatic N) is 1. The molecule has 1 aromatic carbocycles. The average molecular weight is 264 g/mol. The molecular weight excluding hydrogens is 244 g/mol. The summed E-state index contributed by atoms with van der Waals surface area (Å²) < 4.78 is 4.55. The molecule has 1 N–H and O–H groups in total. The highest BCUT2D eigenvalue weighted by atomic mass is 16.5. The zero-order chi connectivity index (χ0) is 14.3. The van der Waals surface area contributed by atoms with E-state index in [9.17, 15) is 9.59 Å². The van der Waals surface area contributed by atoms with E-state index in [1.54, 1.807) is 6.92 Å². The number of anilines is 1. The minimum Gasteiger partial charge on any atom is -0.469 e. The molecule has 104 valence electrons. The quantitative estimate of drug-likeness (QED) is 0.784. The van der Waals surface area contributed by atoms with Gasteiger partial charge in [0.15, 0.2) is 0 Å². The van der Waals surface area contributed by atoms with Crippen LogP contribution in [-0.2, 0) is 14.3 Å². The summed E-state index contributed by atoms with van der Waals surface area (Å²) in [4.78, 5) is 24.7. The largest absolute Gasteiger partial charge is 0.469 e. The van der Waals surface area contributed by atoms with E-state index in [-0.39, 0.29) is 30.9 Å². The monoisotopic (exact) mass is 264 g/mol. The molecule has 0 saturated heterocycles. The van der Waals surface area contributed by atoms with Gasteiger partial charge in [-0.15, -0.1) is 0 Å². The molecule has 0 unspecified atom stereocenters. The topological polar surface area (TPSA) is 58.6 Å². The third-order valence-corrected chi connectivity index (χ3v) is 2.69. The Labute approximate surface area is 113 Å². The van der Waals surface area contributed by atoms with Crippen LogP contribution < -0.4 is 10.2 Å². The lowest BCUT2D eigenvalue weighted by molar-refractivity contribution is -0.141. The maximum Gasteiger partial charge on any atom is 0.307 e. The van der Waals surface area contributed by atoms with E-state index >= 15 is 0 Å². The Kier molecular flexibility index (Phi) is 5.85. The van der Waals surface area contributed by atoms with Crippen LogP contribution in [0.1, 0.15) is 13.3 Å². The minimum atomic E-state index is -0.329. The van der Waals surface area contributed by atoms with Gasteiger partial charge in [-0.3, -0.25) is 9.59 Å². The Morgan fingerprint density at radius 1 is 1.32 bits per heavy atom. The third kappa shape index (κ3) is 5.42. The second kappa shape index (κ2) is 7.41. The predicted molar refractivity (Wildman–Crippen MR) is 73.9 cm³/mol. The fourth-order valence-electron chi connectivity index (χ4n) is 1.69. The average Bonchev–Trinajstić information content (AvgIpc) is 2.39. The first-order valence-electron chi connectivity index (χ1n) is 6.15. The van der Waals surface area contributed by atoms with Crippen molar-refractivity contribution >= 4 is 17.6 Å². The molecule has 1 atom stereocenters. The Hall–Kier alpha value is -2.04. The van der Waals surface area contributed by atoms with Crippen molar-refractivity contribution in [1.29, 1.82) is 0 Å². The van der Waals surface area contributed by atoms with Crippen LogP contribution in [0.2, 0.25) is 0 Å². The Bertz CT molecular complexity index is 420. The number of hydrogen-bond donors (Lipinski definition) is 1. The number of amides is 1. The molecular formula is C14H20N2O3. The van der Waals surface area contributed by atoms with Crippen LogP contribution in [0.15, 0.2) is 30.3 Å². The highest BCUT2D eigenvalue weighted by Gasteiger charge is 2.13. The number of esters is 1. The molecule has 0 spiro atoms. The molecule has 0 aliphatic heterocycles. The summed E-state index contributed by atoms with van der Waals surface area (Å²) in [5, 5.41) is 2.76. The van der Waals surface area contributed by atoms with Gasteiger partial charge in [0, 0.05) is 18.8 Å². The van der Waals surface area contributed by atoms with Crippen molar-refractivity contribution in [3.05, 3.63) is 30.3 Å². The first kappa shape index (κ1) is 15.0. The Morgan fingerprint density at radius 3 is 2.53 bits per heavy atom. The van der Waals surface area contributed by atoms with Crippen molar-refractivity contribution in [2.45, 2.75) is 19.4 Å². The lowest BCUT2D eigenvalue weighted by atomic mass is 10.2. The number of carbonyl (C=O) groups excluding carboxylic acids is 2. The van der Waals surface area contributed by atoms with Crippen molar-refractivity contribution in [3.8, 4) is 0 Å². The van der Waals surface area contributed by atoms with Gasteiger partial charge >= 0.3 is 5.97 Å². The van der Waals surface area contributed by atoms with E-state index in [2.05, 4.69) is 10.1 Å². The van der Waals surface area contributed by atoms with Gasteiger partial charge in [0.05, 0.1) is 20.1 Å². The zero-order valence-corrected chi connectivity index (χ0v) is 11.6. The predicted octanol–water partition coefficient (Wildman–Crippen LogP) is 1.19. The highest BCUT2D eigenvalue weighted by Crippen LogP contribution is 2.10. The number of nitrogens with one attached hydrogen (secondary N) is 1. The van der Waals surface area contributed by atoms with Gasteiger partial charge in [-0.1, -0.05) is 18.2 Å². The molecule has 19 heavy (non-hydrogen) atoms. The van der Waals surface area contributed by atoms with Crippen molar-refractivity contribution in [1.82, 2.24) is 5.32 Å². The van der Waals surface area contributed by atoms with Crippen molar-refractivity contribution < 1.29 is 14.3 Å². The van der Waals surface area contributed by atoms with Crippen molar-refractivity contribution in [2.75, 3.05) is 25.6 Å². The van der Waals surface area contributed by atoms with Crippen LogP contribution in [0.3, 0.4) is 0 Å². The summed E-state index contributed by atoms with van der Waals surface area (Å²) in [6.45, 7) is 2.02. The molecule has 1 aromatic rings. The smallest absolute Gasteiger partial charge is 0.307 e. The van der Waals surface area contributed by atoms with Crippen molar-refractivity contribution in [2.24, 2.45) is 0 Å². The van der Waals surface area contributed by atoms with Crippen LogP contribution >= 0.6 is 0 Å². The van der Waals surface area contributed by atoms with Crippen LogP contribution in [0.5, 0.6) is 0 Å². The molecule has 0 aliphatic carbocycles. The van der Waals surface area contributed by atoms with Gasteiger partial charge in [0.1, 0.15) is 0 Å². The van der Waals surface area contributed by atoms with Crippen LogP contribution in [-0.4, -0.2) is 38.6 Å². The summed E-state index contributed by atoms with van der Waals surface area (Å²) in [6, 6.07) is 9.41. The summed E-state index contributed by atoms with van der Waals surface area (Å²) >= 11 is 0.